The highest BCUT2D eigenvalue weighted by Gasteiger charge is 2.21. The van der Waals surface area contributed by atoms with Crippen LogP contribution in [0.25, 0.3) is 0 Å². The number of nitrogens with zero attached hydrogens (tertiary/aromatic N) is 3. The van der Waals surface area contributed by atoms with Crippen molar-refractivity contribution in [1.82, 2.24) is 15.0 Å². The van der Waals surface area contributed by atoms with Crippen LogP contribution in [0.2, 0.25) is 0 Å². The molecule has 2 N–H and O–H groups in total. The van der Waals surface area contributed by atoms with Crippen LogP contribution in [-0.4, -0.2) is 21.5 Å². The lowest BCUT2D eigenvalue weighted by Gasteiger charge is -2.24. The van der Waals surface area contributed by atoms with Gasteiger partial charge in [0.1, 0.15) is 23.4 Å². The van der Waals surface area contributed by atoms with Gasteiger partial charge >= 0.3 is 0 Å². The summed E-state index contributed by atoms with van der Waals surface area (Å²) in [5, 5.41) is 12.2. The quantitative estimate of drug-likeness (QED) is 0.879. The third-order valence-corrected chi connectivity index (χ3v) is 2.99. The van der Waals surface area contributed by atoms with Crippen molar-refractivity contribution in [3.05, 3.63) is 41.6 Å². The zero-order chi connectivity index (χ0) is 13.9. The fraction of sp³-hybridized carbons (Fsp3) is 0.357. The molecular formula is C14H17N5. The number of hydrogen-bond donors (Lipinski definition) is 2. The summed E-state index contributed by atoms with van der Waals surface area (Å²) < 4.78 is 0. The highest BCUT2D eigenvalue weighted by molar-refractivity contribution is 5.40. The second-order valence-electron chi connectivity index (χ2n) is 5.12. The third-order valence-electron chi connectivity index (χ3n) is 2.99. The standard InChI is InChI=1S/C14H17N5/c1-10-18-11(8-15)7-13(19-10)17-9-14(2,3)12-5-4-6-16-12/h4-7,16H,9H2,1-3H3,(H,17,18,19). The highest BCUT2D eigenvalue weighted by atomic mass is 15.0. The second-order valence-corrected chi connectivity index (χ2v) is 5.12. The summed E-state index contributed by atoms with van der Waals surface area (Å²) in [6, 6.07) is 7.75. The lowest BCUT2D eigenvalue weighted by atomic mass is 9.89. The van der Waals surface area contributed by atoms with Gasteiger partial charge in [-0.15, -0.1) is 0 Å². The van der Waals surface area contributed by atoms with Crippen LogP contribution in [0.1, 0.15) is 31.1 Å². The van der Waals surface area contributed by atoms with Crippen LogP contribution >= 0.6 is 0 Å². The largest absolute Gasteiger partial charge is 0.369 e. The zero-order valence-corrected chi connectivity index (χ0v) is 11.4. The molecule has 0 spiro atoms. The molecule has 5 nitrogen and oxygen atoms in total. The molecule has 0 bridgehead atoms. The summed E-state index contributed by atoms with van der Waals surface area (Å²) in [6.45, 7) is 6.78. The van der Waals surface area contributed by atoms with Gasteiger partial charge in [-0.1, -0.05) is 13.8 Å². The first kappa shape index (κ1) is 13.1. The normalized spacial score (nSPS) is 11.1. The van der Waals surface area contributed by atoms with Gasteiger partial charge in [0.25, 0.3) is 0 Å². The van der Waals surface area contributed by atoms with E-state index in [2.05, 4.69) is 40.2 Å². The number of hydrogen-bond acceptors (Lipinski definition) is 4. The Hall–Kier alpha value is -2.35. The van der Waals surface area contributed by atoms with Crippen LogP contribution in [0, 0.1) is 18.3 Å². The van der Waals surface area contributed by atoms with E-state index in [1.54, 1.807) is 13.0 Å². The van der Waals surface area contributed by atoms with Crippen molar-refractivity contribution in [3.8, 4) is 6.07 Å². The zero-order valence-electron chi connectivity index (χ0n) is 11.4. The minimum absolute atomic E-state index is 0.0465. The second kappa shape index (κ2) is 5.11. The maximum atomic E-state index is 8.89. The number of H-pyrrole nitrogens is 1. The molecule has 2 aromatic rings. The van der Waals surface area contributed by atoms with Gasteiger partial charge in [0.05, 0.1) is 0 Å². The van der Waals surface area contributed by atoms with E-state index in [0.29, 0.717) is 17.3 Å². The molecule has 0 aliphatic carbocycles. The van der Waals surface area contributed by atoms with E-state index in [9.17, 15) is 0 Å². The van der Waals surface area contributed by atoms with Crippen LogP contribution in [-0.2, 0) is 5.41 Å². The average Bonchev–Trinajstić information content (AvgIpc) is 2.90. The monoisotopic (exact) mass is 255 g/mol. The molecule has 0 unspecified atom stereocenters. The van der Waals surface area contributed by atoms with Gasteiger partial charge in [-0.2, -0.15) is 5.26 Å². The van der Waals surface area contributed by atoms with Crippen molar-refractivity contribution in [2.75, 3.05) is 11.9 Å². The average molecular weight is 255 g/mol. The summed E-state index contributed by atoms with van der Waals surface area (Å²) in [5.74, 6) is 1.28. The Morgan fingerprint density at radius 1 is 1.42 bits per heavy atom. The lowest BCUT2D eigenvalue weighted by molar-refractivity contribution is 0.541. The Morgan fingerprint density at radius 2 is 2.21 bits per heavy atom. The summed E-state index contributed by atoms with van der Waals surface area (Å²) in [4.78, 5) is 11.5. The Labute approximate surface area is 112 Å². The van der Waals surface area contributed by atoms with E-state index in [-0.39, 0.29) is 5.41 Å². The van der Waals surface area contributed by atoms with Crippen LogP contribution < -0.4 is 5.32 Å². The molecule has 2 aromatic heterocycles. The summed E-state index contributed by atoms with van der Waals surface area (Å²) in [5.41, 5.74) is 1.49. The SMILES string of the molecule is Cc1nc(C#N)cc(NCC(C)(C)c2ccc[nH]2)n1. The van der Waals surface area contributed by atoms with Gasteiger partial charge in [-0.3, -0.25) is 0 Å². The van der Waals surface area contributed by atoms with E-state index >= 15 is 0 Å². The molecule has 2 rings (SSSR count). The maximum absolute atomic E-state index is 8.89. The lowest BCUT2D eigenvalue weighted by Crippen LogP contribution is -2.28. The topological polar surface area (TPSA) is 77.4 Å². The van der Waals surface area contributed by atoms with Crippen molar-refractivity contribution in [2.24, 2.45) is 0 Å². The van der Waals surface area contributed by atoms with E-state index < -0.39 is 0 Å². The number of aromatic nitrogens is 3. The summed E-state index contributed by atoms with van der Waals surface area (Å²) in [7, 11) is 0. The highest BCUT2D eigenvalue weighted by Crippen LogP contribution is 2.21. The Morgan fingerprint density at radius 3 is 2.84 bits per heavy atom. The third kappa shape index (κ3) is 3.10. The van der Waals surface area contributed by atoms with Gasteiger partial charge in [-0.25, -0.2) is 9.97 Å². The van der Waals surface area contributed by atoms with Gasteiger partial charge < -0.3 is 10.3 Å². The minimum Gasteiger partial charge on any atom is -0.369 e. The molecule has 0 saturated carbocycles. The maximum Gasteiger partial charge on any atom is 0.146 e. The summed E-state index contributed by atoms with van der Waals surface area (Å²) >= 11 is 0. The van der Waals surface area contributed by atoms with Crippen molar-refractivity contribution in [3.63, 3.8) is 0 Å². The molecule has 0 fully saturated rings. The molecule has 0 aromatic carbocycles. The van der Waals surface area contributed by atoms with Gasteiger partial charge in [0, 0.05) is 29.9 Å². The number of nitrogens with one attached hydrogen (secondary N) is 2. The van der Waals surface area contributed by atoms with Gasteiger partial charge in [0.2, 0.25) is 0 Å². The molecule has 2 heterocycles. The number of aromatic amines is 1. The number of aryl methyl sites for hydroxylation is 1. The van der Waals surface area contributed by atoms with Crippen molar-refractivity contribution in [2.45, 2.75) is 26.2 Å². The predicted molar refractivity (Wildman–Crippen MR) is 73.8 cm³/mol. The van der Waals surface area contributed by atoms with E-state index in [1.807, 2.05) is 18.3 Å². The molecular weight excluding hydrogens is 238 g/mol. The molecule has 0 saturated heterocycles. The van der Waals surface area contributed by atoms with Crippen molar-refractivity contribution < 1.29 is 0 Å². The van der Waals surface area contributed by atoms with Gasteiger partial charge in [0.15, 0.2) is 0 Å². The fourth-order valence-corrected chi connectivity index (χ4v) is 1.87. The van der Waals surface area contributed by atoms with Crippen molar-refractivity contribution in [1.29, 1.82) is 5.26 Å². The summed E-state index contributed by atoms with van der Waals surface area (Å²) in [6.07, 6.45) is 1.92. The molecule has 0 atom stereocenters. The molecule has 0 amide bonds. The first-order valence-electron chi connectivity index (χ1n) is 6.15. The smallest absolute Gasteiger partial charge is 0.146 e. The predicted octanol–water partition coefficient (Wildman–Crippen LogP) is 2.37. The number of anilines is 1. The molecule has 5 heteroatoms. The molecule has 19 heavy (non-hydrogen) atoms. The van der Waals surface area contributed by atoms with Gasteiger partial charge in [-0.05, 0) is 19.1 Å². The van der Waals surface area contributed by atoms with Crippen LogP contribution in [0.3, 0.4) is 0 Å². The van der Waals surface area contributed by atoms with E-state index in [1.165, 1.54) is 0 Å². The number of rotatable bonds is 4. The fourth-order valence-electron chi connectivity index (χ4n) is 1.87. The molecule has 0 radical (unpaired) electrons. The minimum atomic E-state index is -0.0465. The van der Waals surface area contributed by atoms with Crippen LogP contribution in [0.15, 0.2) is 24.4 Å². The van der Waals surface area contributed by atoms with E-state index in [0.717, 1.165) is 12.2 Å². The Balaban J connectivity index is 2.11. The molecule has 0 aliphatic rings. The van der Waals surface area contributed by atoms with Crippen LogP contribution in [0.5, 0.6) is 0 Å². The Bertz CT molecular complexity index is 593. The van der Waals surface area contributed by atoms with Crippen molar-refractivity contribution >= 4 is 5.82 Å². The van der Waals surface area contributed by atoms with Crippen LogP contribution in [0.4, 0.5) is 5.82 Å². The van der Waals surface area contributed by atoms with E-state index in [4.69, 9.17) is 5.26 Å². The number of nitriles is 1. The first-order valence-corrected chi connectivity index (χ1v) is 6.15. The Kier molecular flexibility index (Phi) is 3.52. The first-order chi connectivity index (χ1) is 9.01. The molecule has 0 aliphatic heterocycles. The molecule has 98 valence electrons.